The van der Waals surface area contributed by atoms with Gasteiger partial charge in [0.05, 0.1) is 0 Å². The van der Waals surface area contributed by atoms with Crippen molar-refractivity contribution in [3.63, 3.8) is 0 Å². The van der Waals surface area contributed by atoms with E-state index in [1.54, 1.807) is 12.1 Å². The number of fused-ring (bicyclic) bond motifs is 1. The number of phenolic OH excluding ortho intramolecular Hbond substituents is 1. The summed E-state index contributed by atoms with van der Waals surface area (Å²) >= 11 is 0. The molecule has 2 aromatic carbocycles. The van der Waals surface area contributed by atoms with E-state index in [4.69, 9.17) is 9.84 Å². The fourth-order valence-corrected chi connectivity index (χ4v) is 1.44. The Kier molecular flexibility index (Phi) is 3.40. The maximum atomic E-state index is 10.0. The van der Waals surface area contributed by atoms with Crippen LogP contribution in [0.15, 0.2) is 48.5 Å². The predicted octanol–water partition coefficient (Wildman–Crippen LogP) is 2.78. The molecule has 0 spiro atoms. The Balaban J connectivity index is 0.000000127. The topological polar surface area (TPSA) is 46.5 Å². The fourth-order valence-electron chi connectivity index (χ4n) is 1.44. The number of para-hydroxylation sites is 1. The van der Waals surface area contributed by atoms with Gasteiger partial charge in [-0.25, -0.2) is 0 Å². The molecular formula is C14H12O3. The maximum Gasteiger partial charge on any atom is 0.150 e. The number of carbonyl (C=O) groups is 1. The van der Waals surface area contributed by atoms with Crippen molar-refractivity contribution < 1.29 is 14.6 Å². The van der Waals surface area contributed by atoms with Crippen molar-refractivity contribution in [2.24, 2.45) is 0 Å². The molecule has 1 heterocycles. The Morgan fingerprint density at radius 1 is 1.12 bits per heavy atom. The molecule has 17 heavy (non-hydrogen) atoms. The van der Waals surface area contributed by atoms with E-state index in [-0.39, 0.29) is 5.75 Å². The summed E-state index contributed by atoms with van der Waals surface area (Å²) in [6.45, 7) is 0.802. The van der Waals surface area contributed by atoms with E-state index in [0.717, 1.165) is 12.4 Å². The molecule has 0 saturated heterocycles. The van der Waals surface area contributed by atoms with Gasteiger partial charge < -0.3 is 9.84 Å². The average molecular weight is 228 g/mol. The standard InChI is InChI=1S/C7H6O2.C7H6O/c8-5-6-2-1-3-7(9)4-6;1-2-4-7-6(3-1)5-8-7/h1-5,9H;1-4H,5H2. The monoisotopic (exact) mass is 228 g/mol. The van der Waals surface area contributed by atoms with Crippen LogP contribution >= 0.6 is 0 Å². The van der Waals surface area contributed by atoms with Crippen LogP contribution in [-0.4, -0.2) is 11.4 Å². The molecule has 2 aromatic rings. The van der Waals surface area contributed by atoms with Crippen LogP contribution in [0.5, 0.6) is 11.5 Å². The molecule has 0 bridgehead atoms. The molecule has 0 unspecified atom stereocenters. The number of hydrogen-bond donors (Lipinski definition) is 1. The van der Waals surface area contributed by atoms with Crippen molar-refractivity contribution in [3.05, 3.63) is 59.7 Å². The zero-order valence-electron chi connectivity index (χ0n) is 9.17. The molecule has 0 aromatic heterocycles. The minimum Gasteiger partial charge on any atom is -0.508 e. The van der Waals surface area contributed by atoms with Crippen molar-refractivity contribution in [2.45, 2.75) is 6.61 Å². The molecule has 0 radical (unpaired) electrons. The maximum absolute atomic E-state index is 10.0. The van der Waals surface area contributed by atoms with E-state index in [0.29, 0.717) is 11.8 Å². The van der Waals surface area contributed by atoms with E-state index >= 15 is 0 Å². The minimum atomic E-state index is 0.125. The van der Waals surface area contributed by atoms with Crippen molar-refractivity contribution in [1.82, 2.24) is 0 Å². The van der Waals surface area contributed by atoms with Gasteiger partial charge in [-0.3, -0.25) is 4.79 Å². The summed E-state index contributed by atoms with van der Waals surface area (Å²) in [5.74, 6) is 1.17. The van der Waals surface area contributed by atoms with Crippen LogP contribution in [0.4, 0.5) is 0 Å². The highest BCUT2D eigenvalue weighted by molar-refractivity contribution is 5.75. The lowest BCUT2D eigenvalue weighted by atomic mass is 10.1. The van der Waals surface area contributed by atoms with E-state index < -0.39 is 0 Å². The summed E-state index contributed by atoms with van der Waals surface area (Å²) in [6, 6.07) is 14.3. The van der Waals surface area contributed by atoms with E-state index in [1.807, 2.05) is 18.2 Å². The zero-order chi connectivity index (χ0) is 12.1. The molecular weight excluding hydrogens is 216 g/mol. The van der Waals surface area contributed by atoms with Crippen molar-refractivity contribution in [2.75, 3.05) is 0 Å². The minimum absolute atomic E-state index is 0.125. The molecule has 1 aliphatic heterocycles. The Hall–Kier alpha value is -2.29. The van der Waals surface area contributed by atoms with Crippen LogP contribution < -0.4 is 4.74 Å². The molecule has 86 valence electrons. The second-order valence-corrected chi connectivity index (χ2v) is 3.61. The number of benzene rings is 2. The van der Waals surface area contributed by atoms with Crippen LogP contribution in [0.1, 0.15) is 15.9 Å². The van der Waals surface area contributed by atoms with E-state index in [1.165, 1.54) is 17.7 Å². The lowest BCUT2D eigenvalue weighted by Gasteiger charge is -2.18. The molecule has 0 saturated carbocycles. The predicted molar refractivity (Wildman–Crippen MR) is 64.3 cm³/mol. The summed E-state index contributed by atoms with van der Waals surface area (Å²) < 4.78 is 5.08. The van der Waals surface area contributed by atoms with Gasteiger partial charge in [0.15, 0.2) is 0 Å². The quantitative estimate of drug-likeness (QED) is 0.763. The SMILES string of the molecule is O=Cc1cccc(O)c1.c1ccc2c(c1)CO2. The first-order valence-corrected chi connectivity index (χ1v) is 5.24. The fraction of sp³-hybridized carbons (Fsp3) is 0.0714. The van der Waals surface area contributed by atoms with E-state index in [9.17, 15) is 4.79 Å². The highest BCUT2D eigenvalue weighted by Gasteiger charge is 2.10. The van der Waals surface area contributed by atoms with Crippen molar-refractivity contribution in [1.29, 1.82) is 0 Å². The summed E-state index contributed by atoms with van der Waals surface area (Å²) in [5, 5.41) is 8.79. The summed E-state index contributed by atoms with van der Waals surface area (Å²) in [6.07, 6.45) is 0.694. The molecule has 3 heteroatoms. The third-order valence-electron chi connectivity index (χ3n) is 2.36. The molecule has 1 N–H and O–H groups in total. The first-order chi connectivity index (χ1) is 8.29. The van der Waals surface area contributed by atoms with Gasteiger partial charge in [0, 0.05) is 11.1 Å². The Morgan fingerprint density at radius 2 is 1.94 bits per heavy atom. The van der Waals surface area contributed by atoms with E-state index in [2.05, 4.69) is 6.07 Å². The molecule has 0 amide bonds. The Labute approximate surface area is 99.3 Å². The van der Waals surface area contributed by atoms with Crippen molar-refractivity contribution in [3.8, 4) is 11.5 Å². The van der Waals surface area contributed by atoms with Gasteiger partial charge in [-0.2, -0.15) is 0 Å². The summed E-state index contributed by atoms with van der Waals surface area (Å²) in [4.78, 5) is 10.0. The van der Waals surface area contributed by atoms with Gasteiger partial charge in [0.25, 0.3) is 0 Å². The van der Waals surface area contributed by atoms with Crippen molar-refractivity contribution >= 4 is 6.29 Å². The lowest BCUT2D eigenvalue weighted by molar-refractivity contribution is 0.112. The molecule has 0 fully saturated rings. The number of aromatic hydroxyl groups is 1. The van der Waals surface area contributed by atoms with Gasteiger partial charge in [0.2, 0.25) is 0 Å². The van der Waals surface area contributed by atoms with Crippen LogP contribution in [0.25, 0.3) is 0 Å². The number of carbonyl (C=O) groups excluding carboxylic acids is 1. The van der Waals surface area contributed by atoms with Crippen LogP contribution in [-0.2, 0) is 6.61 Å². The molecule has 0 aliphatic carbocycles. The summed E-state index contributed by atoms with van der Waals surface area (Å²) in [5.41, 5.74) is 1.82. The van der Waals surface area contributed by atoms with Crippen LogP contribution in [0, 0.1) is 0 Å². The average Bonchev–Trinajstić information content (AvgIpc) is 2.32. The van der Waals surface area contributed by atoms with Gasteiger partial charge in [-0.1, -0.05) is 30.3 Å². The van der Waals surface area contributed by atoms with Crippen LogP contribution in [0.2, 0.25) is 0 Å². The first-order valence-electron chi connectivity index (χ1n) is 5.24. The summed E-state index contributed by atoms with van der Waals surface area (Å²) in [7, 11) is 0. The van der Waals surface area contributed by atoms with Gasteiger partial charge in [-0.15, -0.1) is 0 Å². The number of phenols is 1. The normalized spacial score (nSPS) is 11.1. The number of aldehydes is 1. The third-order valence-corrected chi connectivity index (χ3v) is 2.36. The third kappa shape index (κ3) is 2.84. The highest BCUT2D eigenvalue weighted by Crippen LogP contribution is 2.27. The van der Waals surface area contributed by atoms with Gasteiger partial charge >= 0.3 is 0 Å². The Bertz CT molecular complexity index is 497. The molecule has 3 rings (SSSR count). The first kappa shape index (κ1) is 11.2. The number of rotatable bonds is 1. The zero-order valence-corrected chi connectivity index (χ0v) is 9.17. The number of ether oxygens (including phenoxy) is 1. The smallest absolute Gasteiger partial charge is 0.150 e. The van der Waals surface area contributed by atoms with Crippen LogP contribution in [0.3, 0.4) is 0 Å². The second kappa shape index (κ2) is 5.16. The van der Waals surface area contributed by atoms with Gasteiger partial charge in [-0.05, 0) is 18.2 Å². The van der Waals surface area contributed by atoms with Gasteiger partial charge in [0.1, 0.15) is 24.4 Å². The molecule has 3 nitrogen and oxygen atoms in total. The highest BCUT2D eigenvalue weighted by atomic mass is 16.5. The largest absolute Gasteiger partial charge is 0.508 e. The Morgan fingerprint density at radius 3 is 2.35 bits per heavy atom. The number of hydrogen-bond acceptors (Lipinski definition) is 3. The second-order valence-electron chi connectivity index (χ2n) is 3.61. The molecule has 0 atom stereocenters. The molecule has 1 aliphatic rings. The lowest BCUT2D eigenvalue weighted by Crippen LogP contribution is -2.07.